The normalized spacial score (nSPS) is 10.0. The number of halogens is 1. The van der Waals surface area contributed by atoms with Gasteiger partial charge in [-0.1, -0.05) is 6.07 Å². The van der Waals surface area contributed by atoms with Crippen LogP contribution in [-0.2, 0) is 0 Å². The van der Waals surface area contributed by atoms with Crippen LogP contribution in [0.15, 0.2) is 61.1 Å². The number of carbonyl (C=O) groups excluding carboxylic acids is 2. The SMILES string of the molecule is N#Cc1cccc(C(=O)NNC(=O)c2cncn2-c2ccc(F)cc2)c1. The number of carbonyl (C=O) groups is 2. The van der Waals surface area contributed by atoms with Crippen molar-refractivity contribution in [2.24, 2.45) is 0 Å². The van der Waals surface area contributed by atoms with Crippen molar-refractivity contribution in [1.82, 2.24) is 20.4 Å². The lowest BCUT2D eigenvalue weighted by Gasteiger charge is -2.10. The third-order valence-corrected chi connectivity index (χ3v) is 3.52. The molecule has 8 heteroatoms. The maximum Gasteiger partial charge on any atom is 0.288 e. The number of hydrogen-bond acceptors (Lipinski definition) is 4. The Morgan fingerprint density at radius 3 is 2.54 bits per heavy atom. The summed E-state index contributed by atoms with van der Waals surface area (Å²) in [4.78, 5) is 28.3. The Morgan fingerprint density at radius 1 is 1.08 bits per heavy atom. The Kier molecular flexibility index (Phi) is 4.71. The quantitative estimate of drug-likeness (QED) is 0.706. The number of benzene rings is 2. The van der Waals surface area contributed by atoms with Gasteiger partial charge in [-0.25, -0.2) is 9.37 Å². The highest BCUT2D eigenvalue weighted by Crippen LogP contribution is 2.12. The number of imidazole rings is 1. The standard InChI is InChI=1S/C18H12FN5O2/c19-14-4-6-15(7-5-14)24-11-21-10-16(24)18(26)23-22-17(25)13-3-1-2-12(8-13)9-20/h1-8,10-11H,(H,22,25)(H,23,26). The van der Waals surface area contributed by atoms with Gasteiger partial charge < -0.3 is 0 Å². The smallest absolute Gasteiger partial charge is 0.288 e. The summed E-state index contributed by atoms with van der Waals surface area (Å²) >= 11 is 0. The van der Waals surface area contributed by atoms with Gasteiger partial charge in [-0.2, -0.15) is 5.26 Å². The first-order chi connectivity index (χ1) is 12.6. The van der Waals surface area contributed by atoms with Crippen LogP contribution >= 0.6 is 0 Å². The number of nitriles is 1. The second kappa shape index (κ2) is 7.27. The molecule has 0 bridgehead atoms. The predicted octanol–water partition coefficient (Wildman–Crippen LogP) is 1.96. The summed E-state index contributed by atoms with van der Waals surface area (Å²) < 4.78 is 14.5. The largest absolute Gasteiger partial charge is 0.295 e. The highest BCUT2D eigenvalue weighted by atomic mass is 19.1. The molecule has 0 aliphatic heterocycles. The van der Waals surface area contributed by atoms with Crippen LogP contribution in [0.5, 0.6) is 0 Å². The van der Waals surface area contributed by atoms with Crippen molar-refractivity contribution < 1.29 is 14.0 Å². The van der Waals surface area contributed by atoms with E-state index in [1.165, 1.54) is 53.5 Å². The number of nitrogens with one attached hydrogen (secondary N) is 2. The third kappa shape index (κ3) is 3.57. The van der Waals surface area contributed by atoms with E-state index in [4.69, 9.17) is 5.26 Å². The summed E-state index contributed by atoms with van der Waals surface area (Å²) in [6, 6.07) is 13.5. The molecular weight excluding hydrogens is 337 g/mol. The second-order valence-electron chi connectivity index (χ2n) is 5.23. The van der Waals surface area contributed by atoms with E-state index in [2.05, 4.69) is 15.8 Å². The molecule has 7 nitrogen and oxygen atoms in total. The van der Waals surface area contributed by atoms with E-state index in [1.807, 2.05) is 6.07 Å². The van der Waals surface area contributed by atoms with E-state index < -0.39 is 17.6 Å². The fourth-order valence-corrected chi connectivity index (χ4v) is 2.25. The van der Waals surface area contributed by atoms with E-state index in [-0.39, 0.29) is 11.3 Å². The van der Waals surface area contributed by atoms with Crippen molar-refractivity contribution >= 4 is 11.8 Å². The van der Waals surface area contributed by atoms with E-state index in [0.717, 1.165) is 0 Å². The Labute approximate surface area is 147 Å². The van der Waals surface area contributed by atoms with Gasteiger partial charge in [-0.3, -0.25) is 25.0 Å². The summed E-state index contributed by atoms with van der Waals surface area (Å²) in [5.74, 6) is -1.56. The fraction of sp³-hybridized carbons (Fsp3) is 0. The van der Waals surface area contributed by atoms with Gasteiger partial charge in [0.25, 0.3) is 11.8 Å². The van der Waals surface area contributed by atoms with Gasteiger partial charge in [0.15, 0.2) is 0 Å². The average Bonchev–Trinajstić information content (AvgIpc) is 3.16. The van der Waals surface area contributed by atoms with Gasteiger partial charge in [-0.15, -0.1) is 0 Å². The maximum atomic E-state index is 13.0. The predicted molar refractivity (Wildman–Crippen MR) is 89.6 cm³/mol. The molecule has 3 rings (SSSR count). The van der Waals surface area contributed by atoms with Crippen molar-refractivity contribution in [3.8, 4) is 11.8 Å². The highest BCUT2D eigenvalue weighted by Gasteiger charge is 2.14. The topological polar surface area (TPSA) is 99.8 Å². The molecule has 0 unspecified atom stereocenters. The van der Waals surface area contributed by atoms with Crippen molar-refractivity contribution in [2.45, 2.75) is 0 Å². The highest BCUT2D eigenvalue weighted by molar-refractivity contribution is 5.98. The molecule has 0 atom stereocenters. The molecular formula is C18H12FN5O2. The Bertz CT molecular complexity index is 1000. The molecule has 0 aliphatic carbocycles. The number of hydrogen-bond donors (Lipinski definition) is 2. The number of hydrazine groups is 1. The molecule has 2 amide bonds. The number of aromatic nitrogens is 2. The number of rotatable bonds is 3. The minimum atomic E-state index is -0.600. The van der Waals surface area contributed by atoms with Crippen LogP contribution < -0.4 is 10.9 Å². The lowest BCUT2D eigenvalue weighted by Crippen LogP contribution is -2.42. The Hall–Kier alpha value is -3.99. The van der Waals surface area contributed by atoms with Gasteiger partial charge in [0.2, 0.25) is 0 Å². The van der Waals surface area contributed by atoms with Gasteiger partial charge in [0, 0.05) is 11.3 Å². The molecule has 0 saturated carbocycles. The lowest BCUT2D eigenvalue weighted by molar-refractivity contribution is 0.0843. The van der Waals surface area contributed by atoms with Gasteiger partial charge in [0.1, 0.15) is 11.5 Å². The molecule has 0 aliphatic rings. The summed E-state index contributed by atoms with van der Waals surface area (Å²) in [6.45, 7) is 0. The molecule has 2 N–H and O–H groups in total. The molecule has 3 aromatic rings. The monoisotopic (exact) mass is 349 g/mol. The summed E-state index contributed by atoms with van der Waals surface area (Å²) in [5.41, 5.74) is 5.83. The number of nitrogens with zero attached hydrogens (tertiary/aromatic N) is 3. The zero-order valence-electron chi connectivity index (χ0n) is 13.3. The first kappa shape index (κ1) is 16.9. The molecule has 128 valence electrons. The molecule has 0 fully saturated rings. The van der Waals surface area contributed by atoms with Crippen molar-refractivity contribution in [3.05, 3.63) is 83.7 Å². The van der Waals surface area contributed by atoms with Crippen LogP contribution in [0.2, 0.25) is 0 Å². The summed E-state index contributed by atoms with van der Waals surface area (Å²) in [5, 5.41) is 8.86. The first-order valence-corrected chi connectivity index (χ1v) is 7.47. The second-order valence-corrected chi connectivity index (χ2v) is 5.23. The van der Waals surface area contributed by atoms with E-state index in [1.54, 1.807) is 12.1 Å². The van der Waals surface area contributed by atoms with Crippen LogP contribution in [-0.4, -0.2) is 21.4 Å². The minimum Gasteiger partial charge on any atom is -0.295 e. The molecule has 26 heavy (non-hydrogen) atoms. The zero-order chi connectivity index (χ0) is 18.5. The maximum absolute atomic E-state index is 13.0. The summed E-state index contributed by atoms with van der Waals surface area (Å²) in [7, 11) is 0. The van der Waals surface area contributed by atoms with Gasteiger partial charge in [0.05, 0.1) is 24.2 Å². The van der Waals surface area contributed by atoms with E-state index in [9.17, 15) is 14.0 Å². The van der Waals surface area contributed by atoms with Crippen LogP contribution in [0.25, 0.3) is 5.69 Å². The van der Waals surface area contributed by atoms with Crippen molar-refractivity contribution in [3.63, 3.8) is 0 Å². The molecule has 1 heterocycles. The molecule has 1 aromatic heterocycles. The minimum absolute atomic E-state index is 0.155. The van der Waals surface area contributed by atoms with Crippen LogP contribution in [0, 0.1) is 17.1 Å². The molecule has 0 radical (unpaired) electrons. The Balaban J connectivity index is 1.71. The van der Waals surface area contributed by atoms with Crippen molar-refractivity contribution in [1.29, 1.82) is 5.26 Å². The summed E-state index contributed by atoms with van der Waals surface area (Å²) in [6.07, 6.45) is 2.72. The zero-order valence-corrected chi connectivity index (χ0v) is 13.3. The lowest BCUT2D eigenvalue weighted by atomic mass is 10.1. The van der Waals surface area contributed by atoms with Gasteiger partial charge in [-0.05, 0) is 42.5 Å². The third-order valence-electron chi connectivity index (χ3n) is 3.52. The van der Waals surface area contributed by atoms with E-state index >= 15 is 0 Å². The number of amides is 2. The first-order valence-electron chi connectivity index (χ1n) is 7.47. The fourth-order valence-electron chi connectivity index (χ4n) is 2.25. The average molecular weight is 349 g/mol. The Morgan fingerprint density at radius 2 is 1.81 bits per heavy atom. The van der Waals surface area contributed by atoms with Crippen molar-refractivity contribution in [2.75, 3.05) is 0 Å². The van der Waals surface area contributed by atoms with Crippen LogP contribution in [0.3, 0.4) is 0 Å². The molecule has 2 aromatic carbocycles. The molecule has 0 spiro atoms. The van der Waals surface area contributed by atoms with Crippen LogP contribution in [0.4, 0.5) is 4.39 Å². The van der Waals surface area contributed by atoms with E-state index in [0.29, 0.717) is 11.3 Å². The van der Waals surface area contributed by atoms with Crippen LogP contribution in [0.1, 0.15) is 26.4 Å². The van der Waals surface area contributed by atoms with Gasteiger partial charge >= 0.3 is 0 Å². The molecule has 0 saturated heterocycles.